The van der Waals surface area contributed by atoms with E-state index in [1.54, 1.807) is 6.92 Å². The number of halogens is 1. The Morgan fingerprint density at radius 1 is 1.12 bits per heavy atom. The Hall–Kier alpha value is -2.41. The van der Waals surface area contributed by atoms with Crippen molar-refractivity contribution < 1.29 is 17.6 Å². The topological polar surface area (TPSA) is 66.5 Å². The smallest absolute Gasteiger partial charge is 0.244 e. The summed E-state index contributed by atoms with van der Waals surface area (Å²) >= 11 is 0. The van der Waals surface area contributed by atoms with Crippen molar-refractivity contribution in [2.45, 2.75) is 32.4 Å². The number of nitrogens with one attached hydrogen (secondary N) is 1. The van der Waals surface area contributed by atoms with Gasteiger partial charge in [0.05, 0.1) is 18.0 Å². The molecule has 2 aromatic carbocycles. The lowest BCUT2D eigenvalue weighted by Gasteiger charge is -2.31. The Balaban J connectivity index is 2.29. The highest BCUT2D eigenvalue weighted by Gasteiger charge is 2.32. The van der Waals surface area contributed by atoms with E-state index in [4.69, 9.17) is 0 Å². The molecular formula is C19H23FN2O3S. The largest absolute Gasteiger partial charge is 0.348 e. The molecule has 0 spiro atoms. The predicted molar refractivity (Wildman–Crippen MR) is 101 cm³/mol. The van der Waals surface area contributed by atoms with Gasteiger partial charge in [-0.15, -0.1) is 0 Å². The van der Waals surface area contributed by atoms with Gasteiger partial charge in [-0.1, -0.05) is 37.3 Å². The highest BCUT2D eigenvalue weighted by molar-refractivity contribution is 7.92. The highest BCUT2D eigenvalue weighted by Crippen LogP contribution is 2.23. The van der Waals surface area contributed by atoms with E-state index in [-0.39, 0.29) is 18.2 Å². The molecule has 0 aliphatic rings. The molecule has 5 nitrogen and oxygen atoms in total. The summed E-state index contributed by atoms with van der Waals surface area (Å²) in [5.41, 5.74) is 1.17. The molecule has 0 bridgehead atoms. The summed E-state index contributed by atoms with van der Waals surface area (Å²) in [5.74, 6) is -0.879. The average molecular weight is 378 g/mol. The molecule has 0 fully saturated rings. The molecule has 2 rings (SSSR count). The molecule has 0 aromatic heterocycles. The van der Waals surface area contributed by atoms with Crippen molar-refractivity contribution in [3.63, 3.8) is 0 Å². The number of benzene rings is 2. The molecule has 2 atom stereocenters. The Labute approximate surface area is 153 Å². The highest BCUT2D eigenvalue weighted by atomic mass is 32.2. The number of hydrogen-bond acceptors (Lipinski definition) is 3. The molecule has 0 aliphatic heterocycles. The molecular weight excluding hydrogens is 355 g/mol. The van der Waals surface area contributed by atoms with Gasteiger partial charge in [-0.25, -0.2) is 12.8 Å². The van der Waals surface area contributed by atoms with Crippen molar-refractivity contribution in [3.8, 4) is 0 Å². The Bertz CT molecular complexity index is 839. The summed E-state index contributed by atoms with van der Waals surface area (Å²) in [5, 5.41) is 2.86. The van der Waals surface area contributed by atoms with Crippen molar-refractivity contribution in [1.29, 1.82) is 0 Å². The fourth-order valence-electron chi connectivity index (χ4n) is 2.78. The quantitative estimate of drug-likeness (QED) is 0.804. The van der Waals surface area contributed by atoms with Crippen LogP contribution in [0.4, 0.5) is 10.1 Å². The normalized spacial score (nSPS) is 13.7. The number of anilines is 1. The Morgan fingerprint density at radius 2 is 1.69 bits per heavy atom. The Kier molecular flexibility index (Phi) is 6.37. The van der Waals surface area contributed by atoms with Crippen LogP contribution in [0.15, 0.2) is 54.6 Å². The number of nitrogens with zero attached hydrogens (tertiary/aromatic N) is 1. The van der Waals surface area contributed by atoms with E-state index >= 15 is 0 Å². The first-order valence-electron chi connectivity index (χ1n) is 8.34. The summed E-state index contributed by atoms with van der Waals surface area (Å²) < 4.78 is 38.9. The van der Waals surface area contributed by atoms with Crippen LogP contribution < -0.4 is 9.62 Å². The van der Waals surface area contributed by atoms with Crippen molar-refractivity contribution >= 4 is 21.6 Å². The SMILES string of the molecule is CCC(C(=O)NC(C)c1ccccc1)N(c1ccc(F)cc1)S(C)(=O)=O. The lowest BCUT2D eigenvalue weighted by Crippen LogP contribution is -2.49. The molecule has 2 aromatic rings. The third-order valence-corrected chi connectivity index (χ3v) is 5.25. The molecule has 0 aliphatic carbocycles. The summed E-state index contributed by atoms with van der Waals surface area (Å²) in [6.45, 7) is 3.57. The molecule has 0 heterocycles. The standard InChI is InChI=1S/C19H23FN2O3S/c1-4-18(19(23)21-14(2)15-8-6-5-7-9-15)22(26(3,24)25)17-12-10-16(20)11-13-17/h5-14,18H,4H2,1-3H3,(H,21,23). The second-order valence-electron chi connectivity index (χ2n) is 6.10. The van der Waals surface area contributed by atoms with E-state index in [0.29, 0.717) is 0 Å². The predicted octanol–water partition coefficient (Wildman–Crippen LogP) is 3.25. The first kappa shape index (κ1) is 19.9. The van der Waals surface area contributed by atoms with Crippen LogP contribution in [0.5, 0.6) is 0 Å². The molecule has 0 saturated heterocycles. The van der Waals surface area contributed by atoms with E-state index in [9.17, 15) is 17.6 Å². The summed E-state index contributed by atoms with van der Waals surface area (Å²) in [7, 11) is -3.74. The molecule has 7 heteroatoms. The fourth-order valence-corrected chi connectivity index (χ4v) is 3.99. The number of amides is 1. The van der Waals surface area contributed by atoms with Gasteiger partial charge in [-0.2, -0.15) is 0 Å². The van der Waals surface area contributed by atoms with Gasteiger partial charge in [0.2, 0.25) is 15.9 Å². The summed E-state index contributed by atoms with van der Waals surface area (Å²) in [4.78, 5) is 12.8. The lowest BCUT2D eigenvalue weighted by atomic mass is 10.1. The zero-order chi connectivity index (χ0) is 19.3. The first-order chi connectivity index (χ1) is 12.2. The van der Waals surface area contributed by atoms with E-state index in [2.05, 4.69) is 5.32 Å². The first-order valence-corrected chi connectivity index (χ1v) is 10.2. The Morgan fingerprint density at radius 3 is 2.19 bits per heavy atom. The van der Waals surface area contributed by atoms with Crippen LogP contribution in [0.1, 0.15) is 31.9 Å². The van der Waals surface area contributed by atoms with E-state index in [0.717, 1.165) is 16.1 Å². The zero-order valence-electron chi connectivity index (χ0n) is 15.0. The van der Waals surface area contributed by atoms with Gasteiger partial charge in [0.1, 0.15) is 11.9 Å². The van der Waals surface area contributed by atoms with Crippen molar-refractivity contribution in [3.05, 3.63) is 66.0 Å². The van der Waals surface area contributed by atoms with Crippen LogP contribution >= 0.6 is 0 Å². The molecule has 0 radical (unpaired) electrons. The number of rotatable bonds is 7. The molecule has 1 amide bonds. The van der Waals surface area contributed by atoms with Gasteiger partial charge in [0.15, 0.2) is 0 Å². The van der Waals surface area contributed by atoms with Gasteiger partial charge in [0, 0.05) is 0 Å². The van der Waals surface area contributed by atoms with Crippen molar-refractivity contribution in [2.75, 3.05) is 10.6 Å². The van der Waals surface area contributed by atoms with E-state index in [1.807, 2.05) is 37.3 Å². The fraction of sp³-hybridized carbons (Fsp3) is 0.316. The minimum atomic E-state index is -3.74. The van der Waals surface area contributed by atoms with Crippen molar-refractivity contribution in [2.24, 2.45) is 0 Å². The molecule has 1 N–H and O–H groups in total. The number of carbonyl (C=O) groups excluding carboxylic acids is 1. The monoisotopic (exact) mass is 378 g/mol. The van der Waals surface area contributed by atoms with E-state index < -0.39 is 27.8 Å². The second-order valence-corrected chi connectivity index (χ2v) is 7.96. The van der Waals surface area contributed by atoms with Crippen LogP contribution in [0.2, 0.25) is 0 Å². The summed E-state index contributed by atoms with van der Waals surface area (Å²) in [6.07, 6.45) is 1.31. The number of sulfonamides is 1. The number of carbonyl (C=O) groups is 1. The van der Waals surface area contributed by atoms with Gasteiger partial charge >= 0.3 is 0 Å². The van der Waals surface area contributed by atoms with Crippen LogP contribution in [0.25, 0.3) is 0 Å². The molecule has 26 heavy (non-hydrogen) atoms. The minimum Gasteiger partial charge on any atom is -0.348 e. The average Bonchev–Trinajstić information content (AvgIpc) is 2.60. The molecule has 0 saturated carbocycles. The van der Waals surface area contributed by atoms with Crippen LogP contribution in [-0.2, 0) is 14.8 Å². The van der Waals surface area contributed by atoms with Crippen LogP contribution in [0.3, 0.4) is 0 Å². The van der Waals surface area contributed by atoms with Gasteiger partial charge < -0.3 is 5.32 Å². The van der Waals surface area contributed by atoms with Crippen LogP contribution in [0, 0.1) is 5.82 Å². The number of hydrogen-bond donors (Lipinski definition) is 1. The van der Waals surface area contributed by atoms with Crippen LogP contribution in [-0.4, -0.2) is 26.6 Å². The zero-order valence-corrected chi connectivity index (χ0v) is 15.8. The second kappa shape index (κ2) is 8.31. The minimum absolute atomic E-state index is 0.253. The summed E-state index contributed by atoms with van der Waals surface area (Å²) in [6, 6.07) is 13.3. The third-order valence-electron chi connectivity index (χ3n) is 4.07. The van der Waals surface area contributed by atoms with Gasteiger partial charge in [-0.05, 0) is 43.2 Å². The third kappa shape index (κ3) is 4.82. The lowest BCUT2D eigenvalue weighted by molar-refractivity contribution is -0.122. The maximum absolute atomic E-state index is 13.2. The van der Waals surface area contributed by atoms with Gasteiger partial charge in [0.25, 0.3) is 0 Å². The maximum Gasteiger partial charge on any atom is 0.244 e. The molecule has 140 valence electrons. The van der Waals surface area contributed by atoms with E-state index in [1.165, 1.54) is 24.3 Å². The maximum atomic E-state index is 13.2. The molecule has 2 unspecified atom stereocenters. The van der Waals surface area contributed by atoms with Gasteiger partial charge in [-0.3, -0.25) is 9.10 Å². The van der Waals surface area contributed by atoms with Crippen molar-refractivity contribution in [1.82, 2.24) is 5.32 Å².